The second kappa shape index (κ2) is 3.36. The Balaban J connectivity index is 2.63. The first kappa shape index (κ1) is 10.0. The van der Waals surface area contributed by atoms with Crippen molar-refractivity contribution in [1.29, 1.82) is 0 Å². The molecule has 0 saturated carbocycles. The molecular formula is C8H15BO3. The summed E-state index contributed by atoms with van der Waals surface area (Å²) in [5, 5.41) is 19.2. The van der Waals surface area contributed by atoms with E-state index in [0.29, 0.717) is 0 Å². The van der Waals surface area contributed by atoms with Crippen LogP contribution in [0.1, 0.15) is 26.7 Å². The summed E-state index contributed by atoms with van der Waals surface area (Å²) in [6.07, 6.45) is 0.447. The fraction of sp³-hybridized carbons (Fsp3) is 1.00. The van der Waals surface area contributed by atoms with Crippen LogP contribution in [0, 0.1) is 0 Å². The second-order valence-corrected chi connectivity index (χ2v) is 3.55. The Morgan fingerprint density at radius 1 is 1.58 bits per heavy atom. The number of hydrogen-bond donors (Lipinski definition) is 2. The molecule has 1 rings (SSSR count). The van der Waals surface area contributed by atoms with Crippen molar-refractivity contribution < 1.29 is 14.9 Å². The van der Waals surface area contributed by atoms with Crippen LogP contribution in [-0.4, -0.2) is 41.9 Å². The first-order valence-corrected chi connectivity index (χ1v) is 4.31. The maximum atomic E-state index is 9.63. The molecule has 1 aliphatic heterocycles. The van der Waals surface area contributed by atoms with Gasteiger partial charge < -0.3 is 14.9 Å². The van der Waals surface area contributed by atoms with Gasteiger partial charge in [-0.2, -0.15) is 0 Å². The van der Waals surface area contributed by atoms with Crippen molar-refractivity contribution in [2.45, 2.75) is 50.5 Å². The first-order valence-electron chi connectivity index (χ1n) is 4.31. The highest BCUT2D eigenvalue weighted by Gasteiger charge is 2.48. The first-order chi connectivity index (χ1) is 5.50. The minimum atomic E-state index is -1.31. The van der Waals surface area contributed by atoms with Crippen molar-refractivity contribution >= 4 is 7.85 Å². The lowest BCUT2D eigenvalue weighted by atomic mass is 9.81. The SMILES string of the molecule is [B][C@@H]1O[C@H](CCC)[C@@H](O)[C@@]1(C)O. The Labute approximate surface area is 74.1 Å². The fourth-order valence-electron chi connectivity index (χ4n) is 1.46. The summed E-state index contributed by atoms with van der Waals surface area (Å²) in [5.41, 5.74) is -1.31. The number of aliphatic hydroxyl groups is 2. The number of hydrogen-bond acceptors (Lipinski definition) is 3. The van der Waals surface area contributed by atoms with Gasteiger partial charge in [0.2, 0.25) is 0 Å². The van der Waals surface area contributed by atoms with Crippen LogP contribution in [0.25, 0.3) is 0 Å². The molecule has 1 saturated heterocycles. The highest BCUT2D eigenvalue weighted by molar-refractivity contribution is 6.12. The molecule has 12 heavy (non-hydrogen) atoms. The molecule has 1 aliphatic rings. The van der Waals surface area contributed by atoms with Gasteiger partial charge in [-0.1, -0.05) is 13.3 Å². The van der Waals surface area contributed by atoms with Gasteiger partial charge in [-0.05, 0) is 13.3 Å². The Kier molecular flexibility index (Phi) is 2.81. The van der Waals surface area contributed by atoms with E-state index in [0.717, 1.165) is 12.8 Å². The van der Waals surface area contributed by atoms with E-state index in [1.165, 1.54) is 6.92 Å². The highest BCUT2D eigenvalue weighted by atomic mass is 16.5. The molecule has 2 N–H and O–H groups in total. The van der Waals surface area contributed by atoms with Crippen LogP contribution in [0.5, 0.6) is 0 Å². The maximum Gasteiger partial charge on any atom is 0.113 e. The third-order valence-electron chi connectivity index (χ3n) is 2.42. The zero-order chi connectivity index (χ0) is 9.35. The quantitative estimate of drug-likeness (QED) is 0.564. The minimum absolute atomic E-state index is 0.319. The molecule has 0 amide bonds. The highest BCUT2D eigenvalue weighted by Crippen LogP contribution is 2.31. The summed E-state index contributed by atoms with van der Waals surface area (Å²) in [6.45, 7) is 3.49. The molecule has 1 heterocycles. The minimum Gasteiger partial charge on any atom is -0.387 e. The summed E-state index contributed by atoms with van der Waals surface area (Å²) in [7, 11) is 5.49. The van der Waals surface area contributed by atoms with Gasteiger partial charge in [-0.25, -0.2) is 0 Å². The molecule has 0 aromatic heterocycles. The Morgan fingerprint density at radius 3 is 2.50 bits per heavy atom. The summed E-state index contributed by atoms with van der Waals surface area (Å²) >= 11 is 0. The van der Waals surface area contributed by atoms with Crippen molar-refractivity contribution in [2.24, 2.45) is 0 Å². The lowest BCUT2D eigenvalue weighted by molar-refractivity contribution is -0.0428. The maximum absolute atomic E-state index is 9.63. The molecule has 4 atom stereocenters. The van der Waals surface area contributed by atoms with E-state index in [4.69, 9.17) is 12.6 Å². The van der Waals surface area contributed by atoms with Crippen LogP contribution < -0.4 is 0 Å². The monoisotopic (exact) mass is 170 g/mol. The molecule has 0 unspecified atom stereocenters. The van der Waals surface area contributed by atoms with Crippen LogP contribution >= 0.6 is 0 Å². The van der Waals surface area contributed by atoms with E-state index in [2.05, 4.69) is 0 Å². The van der Waals surface area contributed by atoms with Gasteiger partial charge >= 0.3 is 0 Å². The zero-order valence-electron chi connectivity index (χ0n) is 7.53. The van der Waals surface area contributed by atoms with Gasteiger partial charge in [-0.3, -0.25) is 0 Å². The predicted octanol–water partition coefficient (Wildman–Crippen LogP) is -0.208. The van der Waals surface area contributed by atoms with E-state index < -0.39 is 17.7 Å². The van der Waals surface area contributed by atoms with Crippen molar-refractivity contribution in [3.63, 3.8) is 0 Å². The molecule has 0 aliphatic carbocycles. The van der Waals surface area contributed by atoms with E-state index in [1.54, 1.807) is 0 Å². The molecule has 1 fully saturated rings. The summed E-state index contributed by atoms with van der Waals surface area (Å²) in [4.78, 5) is 0. The average molecular weight is 170 g/mol. The number of aliphatic hydroxyl groups excluding tert-OH is 1. The largest absolute Gasteiger partial charge is 0.387 e. The lowest BCUT2D eigenvalue weighted by Gasteiger charge is -2.24. The third kappa shape index (κ3) is 1.51. The van der Waals surface area contributed by atoms with E-state index in [-0.39, 0.29) is 6.10 Å². The van der Waals surface area contributed by atoms with Gasteiger partial charge in [0.1, 0.15) is 19.6 Å². The van der Waals surface area contributed by atoms with Crippen molar-refractivity contribution in [3.05, 3.63) is 0 Å². The van der Waals surface area contributed by atoms with Gasteiger partial charge in [0.15, 0.2) is 0 Å². The van der Waals surface area contributed by atoms with E-state index >= 15 is 0 Å². The van der Waals surface area contributed by atoms with E-state index in [1.807, 2.05) is 6.92 Å². The molecule has 0 aromatic rings. The molecular weight excluding hydrogens is 155 g/mol. The predicted molar refractivity (Wildman–Crippen MR) is 46.0 cm³/mol. The van der Waals surface area contributed by atoms with Gasteiger partial charge in [0.05, 0.1) is 6.10 Å². The Hall–Kier alpha value is -0.0551. The fourth-order valence-corrected chi connectivity index (χ4v) is 1.46. The van der Waals surface area contributed by atoms with Crippen LogP contribution in [0.3, 0.4) is 0 Å². The molecule has 68 valence electrons. The average Bonchev–Trinajstić information content (AvgIpc) is 2.17. The molecule has 0 spiro atoms. The molecule has 2 radical (unpaired) electrons. The molecule has 0 bridgehead atoms. The van der Waals surface area contributed by atoms with Crippen LogP contribution in [0.2, 0.25) is 0 Å². The summed E-state index contributed by atoms with van der Waals surface area (Å²) in [5.74, 6) is 0. The number of ether oxygens (including phenoxy) is 1. The second-order valence-electron chi connectivity index (χ2n) is 3.55. The third-order valence-corrected chi connectivity index (χ3v) is 2.42. The van der Waals surface area contributed by atoms with Crippen molar-refractivity contribution in [3.8, 4) is 0 Å². The van der Waals surface area contributed by atoms with Crippen molar-refractivity contribution in [1.82, 2.24) is 0 Å². The standard InChI is InChI=1S/C8H15BO3/c1-3-4-5-6(10)8(2,11)7(9)12-5/h5-7,10-11H,3-4H2,1-2H3/t5-,6-,7-,8-/m1/s1. The van der Waals surface area contributed by atoms with Gasteiger partial charge in [-0.15, -0.1) is 0 Å². The van der Waals surface area contributed by atoms with Gasteiger partial charge in [0, 0.05) is 6.00 Å². The Bertz CT molecular complexity index is 160. The molecule has 0 aromatic carbocycles. The topological polar surface area (TPSA) is 49.7 Å². The normalized spacial score (nSPS) is 48.2. The van der Waals surface area contributed by atoms with E-state index in [9.17, 15) is 10.2 Å². The van der Waals surface area contributed by atoms with Crippen LogP contribution in [0.15, 0.2) is 0 Å². The molecule has 3 nitrogen and oxygen atoms in total. The summed E-state index contributed by atoms with van der Waals surface area (Å²) < 4.78 is 5.21. The summed E-state index contributed by atoms with van der Waals surface area (Å²) in [6, 6.07) is -0.774. The number of rotatable bonds is 2. The zero-order valence-corrected chi connectivity index (χ0v) is 7.53. The van der Waals surface area contributed by atoms with Crippen LogP contribution in [-0.2, 0) is 4.74 Å². The molecule has 4 heteroatoms. The lowest BCUT2D eigenvalue weighted by Crippen LogP contribution is -2.45. The Morgan fingerprint density at radius 2 is 2.17 bits per heavy atom. The van der Waals surface area contributed by atoms with Crippen molar-refractivity contribution in [2.75, 3.05) is 0 Å². The van der Waals surface area contributed by atoms with Gasteiger partial charge in [0.25, 0.3) is 0 Å². The van der Waals surface area contributed by atoms with Crippen LogP contribution in [0.4, 0.5) is 0 Å². The smallest absolute Gasteiger partial charge is 0.113 e.